The van der Waals surface area contributed by atoms with E-state index in [1.165, 1.54) is 0 Å². The van der Waals surface area contributed by atoms with E-state index in [2.05, 4.69) is 10.6 Å². The zero-order valence-electron chi connectivity index (χ0n) is 16.6. The Morgan fingerprint density at radius 2 is 1.68 bits per heavy atom. The first-order valence-electron chi connectivity index (χ1n) is 8.96. The highest BCUT2D eigenvalue weighted by Crippen LogP contribution is 2.18. The van der Waals surface area contributed by atoms with E-state index in [1.54, 1.807) is 43.1 Å². The summed E-state index contributed by atoms with van der Waals surface area (Å²) in [4.78, 5) is 37.5. The Morgan fingerprint density at radius 3 is 2.29 bits per heavy atom. The molecule has 0 saturated heterocycles. The van der Waals surface area contributed by atoms with Crippen LogP contribution >= 0.6 is 0 Å². The number of benzene rings is 2. The zero-order valence-corrected chi connectivity index (χ0v) is 16.6. The molecular weight excluding hydrogens is 356 g/mol. The number of primary amides is 1. The van der Waals surface area contributed by atoms with Crippen molar-refractivity contribution in [3.8, 4) is 0 Å². The van der Waals surface area contributed by atoms with Crippen molar-refractivity contribution in [3.05, 3.63) is 59.2 Å². The Morgan fingerprint density at radius 1 is 1.04 bits per heavy atom. The van der Waals surface area contributed by atoms with E-state index >= 15 is 0 Å². The summed E-state index contributed by atoms with van der Waals surface area (Å²) in [6.45, 7) is 5.73. The number of nitrogens with two attached hydrogens (primary N) is 1. The lowest BCUT2D eigenvalue weighted by Crippen LogP contribution is -2.43. The van der Waals surface area contributed by atoms with Crippen LogP contribution < -0.4 is 16.4 Å². The normalized spacial score (nSPS) is 11.8. The first-order chi connectivity index (χ1) is 13.2. The Labute approximate surface area is 164 Å². The number of carbonyl (C=O) groups is 3. The number of carbonyl (C=O) groups excluding carboxylic acids is 3. The molecule has 0 aliphatic carbocycles. The van der Waals surface area contributed by atoms with E-state index in [0.29, 0.717) is 11.3 Å². The maximum absolute atomic E-state index is 12.4. The van der Waals surface area contributed by atoms with Gasteiger partial charge in [-0.1, -0.05) is 12.1 Å². The summed E-state index contributed by atoms with van der Waals surface area (Å²) in [5.74, 6) is -0.976. The first kappa shape index (κ1) is 21.1. The largest absolute Gasteiger partial charge is 0.366 e. The predicted molar refractivity (Wildman–Crippen MR) is 110 cm³/mol. The second-order valence-electron chi connectivity index (χ2n) is 6.82. The van der Waals surface area contributed by atoms with E-state index in [0.717, 1.165) is 16.8 Å². The Kier molecular flexibility index (Phi) is 6.89. The van der Waals surface area contributed by atoms with Crippen molar-refractivity contribution < 1.29 is 14.4 Å². The average molecular weight is 382 g/mol. The number of anilines is 2. The van der Waals surface area contributed by atoms with Gasteiger partial charge in [0.2, 0.25) is 17.7 Å². The molecule has 0 heterocycles. The second-order valence-corrected chi connectivity index (χ2v) is 6.82. The van der Waals surface area contributed by atoms with Crippen LogP contribution in [0.2, 0.25) is 0 Å². The Bertz CT molecular complexity index is 878. The standard InChI is InChI=1S/C21H26N4O3/c1-13-6-5-7-18(14(13)2)24-19(26)12-25(4)15(3)21(28)23-17-10-8-16(9-11-17)20(22)27/h5-11,15H,12H2,1-4H3,(H2,22,27)(H,23,28)(H,24,26)/t15-/m1/s1. The SMILES string of the molecule is Cc1cccc(NC(=O)CN(C)[C@H](C)C(=O)Nc2ccc(C(N)=O)cc2)c1C. The van der Waals surface area contributed by atoms with Gasteiger partial charge in [-0.15, -0.1) is 0 Å². The molecule has 0 bridgehead atoms. The van der Waals surface area contributed by atoms with E-state index in [9.17, 15) is 14.4 Å². The molecule has 7 nitrogen and oxygen atoms in total. The third-order valence-corrected chi connectivity index (χ3v) is 4.75. The van der Waals surface area contributed by atoms with Crippen molar-refractivity contribution in [2.24, 2.45) is 5.73 Å². The van der Waals surface area contributed by atoms with Crippen LogP contribution in [0.1, 0.15) is 28.4 Å². The molecule has 4 N–H and O–H groups in total. The molecule has 0 unspecified atom stereocenters. The minimum absolute atomic E-state index is 0.0720. The van der Waals surface area contributed by atoms with Gasteiger partial charge in [-0.05, 0) is 69.3 Å². The van der Waals surface area contributed by atoms with Gasteiger partial charge in [0.05, 0.1) is 12.6 Å². The van der Waals surface area contributed by atoms with Crippen LogP contribution in [0.25, 0.3) is 0 Å². The summed E-state index contributed by atoms with van der Waals surface area (Å²) in [5, 5.41) is 5.65. The zero-order chi connectivity index (χ0) is 20.8. The van der Waals surface area contributed by atoms with Gasteiger partial charge in [0.15, 0.2) is 0 Å². The van der Waals surface area contributed by atoms with Crippen molar-refractivity contribution in [3.63, 3.8) is 0 Å². The number of nitrogens with zero attached hydrogens (tertiary/aromatic N) is 1. The molecule has 2 rings (SSSR count). The molecule has 0 saturated carbocycles. The third-order valence-electron chi connectivity index (χ3n) is 4.75. The van der Waals surface area contributed by atoms with Crippen molar-refractivity contribution in [1.82, 2.24) is 4.90 Å². The van der Waals surface area contributed by atoms with Crippen LogP contribution in [0, 0.1) is 13.8 Å². The van der Waals surface area contributed by atoms with Gasteiger partial charge in [-0.25, -0.2) is 0 Å². The van der Waals surface area contributed by atoms with Crippen molar-refractivity contribution in [2.75, 3.05) is 24.2 Å². The topological polar surface area (TPSA) is 105 Å². The molecular formula is C21H26N4O3. The minimum Gasteiger partial charge on any atom is -0.366 e. The number of hydrogen-bond donors (Lipinski definition) is 3. The molecule has 0 aliphatic heterocycles. The molecule has 148 valence electrons. The summed E-state index contributed by atoms with van der Waals surface area (Å²) in [6, 6.07) is 11.5. The van der Waals surface area contributed by atoms with Gasteiger partial charge in [0, 0.05) is 16.9 Å². The molecule has 2 aromatic carbocycles. The first-order valence-corrected chi connectivity index (χ1v) is 8.96. The molecule has 7 heteroatoms. The molecule has 0 aliphatic rings. The molecule has 0 spiro atoms. The lowest BCUT2D eigenvalue weighted by Gasteiger charge is -2.23. The summed E-state index contributed by atoms with van der Waals surface area (Å²) in [5.41, 5.74) is 9.00. The monoisotopic (exact) mass is 382 g/mol. The minimum atomic E-state index is -0.528. The van der Waals surface area contributed by atoms with Gasteiger partial charge in [0.25, 0.3) is 0 Å². The molecule has 2 aromatic rings. The summed E-state index contributed by atoms with van der Waals surface area (Å²) < 4.78 is 0. The van der Waals surface area contributed by atoms with Crippen LogP contribution in [0.15, 0.2) is 42.5 Å². The van der Waals surface area contributed by atoms with E-state index in [4.69, 9.17) is 5.73 Å². The maximum atomic E-state index is 12.4. The van der Waals surface area contributed by atoms with Crippen molar-refractivity contribution in [1.29, 1.82) is 0 Å². The smallest absolute Gasteiger partial charge is 0.248 e. The highest BCUT2D eigenvalue weighted by atomic mass is 16.2. The molecule has 1 atom stereocenters. The lowest BCUT2D eigenvalue weighted by molar-refractivity contribution is -0.122. The summed E-state index contributed by atoms with van der Waals surface area (Å²) in [6.07, 6.45) is 0. The highest BCUT2D eigenvalue weighted by Gasteiger charge is 2.20. The average Bonchev–Trinajstić information content (AvgIpc) is 2.65. The van der Waals surface area contributed by atoms with Crippen molar-refractivity contribution >= 4 is 29.1 Å². The molecule has 28 heavy (non-hydrogen) atoms. The number of nitrogens with one attached hydrogen (secondary N) is 2. The van der Waals surface area contributed by atoms with Crippen LogP contribution in [0.3, 0.4) is 0 Å². The van der Waals surface area contributed by atoms with E-state index in [-0.39, 0.29) is 18.4 Å². The number of likely N-dealkylation sites (N-methyl/N-ethyl adjacent to an activating group) is 1. The molecule has 0 radical (unpaired) electrons. The second kappa shape index (κ2) is 9.14. The van der Waals surface area contributed by atoms with Gasteiger partial charge in [-0.3, -0.25) is 19.3 Å². The van der Waals surface area contributed by atoms with Gasteiger partial charge in [0.1, 0.15) is 0 Å². The third kappa shape index (κ3) is 5.40. The molecule has 0 aromatic heterocycles. The van der Waals surface area contributed by atoms with Crippen LogP contribution in [0.4, 0.5) is 11.4 Å². The van der Waals surface area contributed by atoms with E-state index < -0.39 is 11.9 Å². The van der Waals surface area contributed by atoms with Gasteiger partial charge in [-0.2, -0.15) is 0 Å². The Balaban J connectivity index is 1.92. The van der Waals surface area contributed by atoms with Crippen LogP contribution in [0.5, 0.6) is 0 Å². The van der Waals surface area contributed by atoms with Gasteiger partial charge >= 0.3 is 0 Å². The van der Waals surface area contributed by atoms with E-state index in [1.807, 2.05) is 32.0 Å². The molecule has 3 amide bonds. The lowest BCUT2D eigenvalue weighted by atomic mass is 10.1. The van der Waals surface area contributed by atoms with Crippen LogP contribution in [-0.2, 0) is 9.59 Å². The number of aryl methyl sites for hydroxylation is 1. The summed E-state index contributed by atoms with van der Waals surface area (Å²) in [7, 11) is 1.71. The fraction of sp³-hybridized carbons (Fsp3) is 0.286. The number of hydrogen-bond acceptors (Lipinski definition) is 4. The maximum Gasteiger partial charge on any atom is 0.248 e. The summed E-state index contributed by atoms with van der Waals surface area (Å²) >= 11 is 0. The number of amides is 3. The van der Waals surface area contributed by atoms with Crippen LogP contribution in [-0.4, -0.2) is 42.3 Å². The highest BCUT2D eigenvalue weighted by molar-refractivity contribution is 5.97. The fourth-order valence-corrected chi connectivity index (χ4v) is 2.60. The van der Waals surface area contributed by atoms with Crippen molar-refractivity contribution in [2.45, 2.75) is 26.8 Å². The van der Waals surface area contributed by atoms with Gasteiger partial charge < -0.3 is 16.4 Å². The molecule has 0 fully saturated rings. The quantitative estimate of drug-likeness (QED) is 0.683. The Hall–Kier alpha value is -3.19. The number of rotatable bonds is 7. The predicted octanol–water partition coefficient (Wildman–Crippen LogP) is 2.30. The fourth-order valence-electron chi connectivity index (χ4n) is 2.60.